The van der Waals surface area contributed by atoms with E-state index in [4.69, 9.17) is 19.9 Å². The Morgan fingerprint density at radius 3 is 2.35 bits per heavy atom. The molecular formula is C17H24ClN3O4S. The molecule has 1 aromatic carbocycles. The van der Waals surface area contributed by atoms with Crippen LogP contribution in [0.1, 0.15) is 21.9 Å². The largest absolute Gasteiger partial charge is 0.496 e. The molecule has 0 bridgehead atoms. The molecule has 0 aliphatic heterocycles. The van der Waals surface area contributed by atoms with Crippen LogP contribution < -0.4 is 19.9 Å². The number of amides is 1. The van der Waals surface area contributed by atoms with E-state index in [0.29, 0.717) is 49.1 Å². The van der Waals surface area contributed by atoms with E-state index in [9.17, 15) is 4.79 Å². The summed E-state index contributed by atoms with van der Waals surface area (Å²) in [6.45, 7) is 1.38. The highest BCUT2D eigenvalue weighted by Crippen LogP contribution is 2.27. The highest BCUT2D eigenvalue weighted by molar-refractivity contribution is 7.09. The minimum atomic E-state index is -0.112. The zero-order valence-corrected chi connectivity index (χ0v) is 16.7. The van der Waals surface area contributed by atoms with Crippen molar-refractivity contribution in [3.8, 4) is 17.2 Å². The first-order chi connectivity index (χ1) is 12.1. The quantitative estimate of drug-likeness (QED) is 0.650. The predicted molar refractivity (Wildman–Crippen MR) is 104 cm³/mol. The molecular weight excluding hydrogens is 378 g/mol. The zero-order valence-electron chi connectivity index (χ0n) is 15.1. The van der Waals surface area contributed by atoms with Crippen LogP contribution in [0.25, 0.3) is 0 Å². The lowest BCUT2D eigenvalue weighted by Gasteiger charge is -2.16. The fourth-order valence-electron chi connectivity index (χ4n) is 2.16. The van der Waals surface area contributed by atoms with Gasteiger partial charge in [-0.1, -0.05) is 0 Å². The molecule has 0 unspecified atom stereocenters. The maximum Gasteiger partial charge on any atom is 0.273 e. The predicted octanol–water partition coefficient (Wildman–Crippen LogP) is 2.58. The second kappa shape index (κ2) is 10.8. The van der Waals surface area contributed by atoms with E-state index in [1.807, 2.05) is 0 Å². The van der Waals surface area contributed by atoms with E-state index in [2.05, 4.69) is 4.98 Å². The molecule has 2 aromatic rings. The van der Waals surface area contributed by atoms with E-state index >= 15 is 0 Å². The number of halogens is 1. The first kappa shape index (κ1) is 22.0. The molecule has 1 amide bonds. The van der Waals surface area contributed by atoms with Gasteiger partial charge in [-0.2, -0.15) is 0 Å². The summed E-state index contributed by atoms with van der Waals surface area (Å²) in [6, 6.07) is 5.37. The number of methoxy groups -OCH3 is 2. The van der Waals surface area contributed by atoms with Gasteiger partial charge in [0.15, 0.2) is 0 Å². The number of ether oxygens (including phenoxy) is 3. The van der Waals surface area contributed by atoms with Gasteiger partial charge < -0.3 is 24.8 Å². The van der Waals surface area contributed by atoms with E-state index in [1.165, 1.54) is 11.3 Å². The van der Waals surface area contributed by atoms with Gasteiger partial charge >= 0.3 is 0 Å². The van der Waals surface area contributed by atoms with Crippen LogP contribution in [0.4, 0.5) is 0 Å². The third kappa shape index (κ3) is 6.05. The van der Waals surface area contributed by atoms with Gasteiger partial charge in [-0.3, -0.25) is 4.79 Å². The van der Waals surface area contributed by atoms with Crippen molar-refractivity contribution in [3.05, 3.63) is 34.3 Å². The molecule has 0 aliphatic carbocycles. The summed E-state index contributed by atoms with van der Waals surface area (Å²) < 4.78 is 16.1. The summed E-state index contributed by atoms with van der Waals surface area (Å²) in [5.74, 6) is 1.89. The van der Waals surface area contributed by atoms with Gasteiger partial charge in [0.2, 0.25) is 0 Å². The zero-order chi connectivity index (χ0) is 18.2. The van der Waals surface area contributed by atoms with Gasteiger partial charge in [0.05, 0.1) is 20.8 Å². The summed E-state index contributed by atoms with van der Waals surface area (Å²) in [4.78, 5) is 18.1. The summed E-state index contributed by atoms with van der Waals surface area (Å²) in [7, 11) is 4.93. The molecule has 0 aliphatic rings. The number of carbonyl (C=O) groups is 1. The molecule has 0 saturated heterocycles. The minimum Gasteiger partial charge on any atom is -0.496 e. The average molecular weight is 402 g/mol. The number of hydrogen-bond donors (Lipinski definition) is 1. The Morgan fingerprint density at radius 2 is 1.81 bits per heavy atom. The van der Waals surface area contributed by atoms with Crippen molar-refractivity contribution in [1.82, 2.24) is 9.88 Å². The first-order valence-corrected chi connectivity index (χ1v) is 8.71. The number of nitrogens with zero attached hydrogens (tertiary/aromatic N) is 2. The lowest BCUT2D eigenvalue weighted by atomic mass is 10.3. The molecule has 1 aromatic heterocycles. The smallest absolute Gasteiger partial charge is 0.273 e. The van der Waals surface area contributed by atoms with Crippen molar-refractivity contribution < 1.29 is 19.0 Å². The lowest BCUT2D eigenvalue weighted by Crippen LogP contribution is -2.29. The van der Waals surface area contributed by atoms with E-state index in [-0.39, 0.29) is 18.3 Å². The van der Waals surface area contributed by atoms with Crippen molar-refractivity contribution in [1.29, 1.82) is 0 Å². The van der Waals surface area contributed by atoms with Crippen LogP contribution in [-0.4, -0.2) is 50.2 Å². The Bertz CT molecular complexity index is 689. The molecule has 7 nitrogen and oxygen atoms in total. The van der Waals surface area contributed by atoms with Crippen molar-refractivity contribution in [2.45, 2.75) is 13.0 Å². The van der Waals surface area contributed by atoms with E-state index < -0.39 is 0 Å². The summed E-state index contributed by atoms with van der Waals surface area (Å²) in [5, 5.41) is 2.49. The van der Waals surface area contributed by atoms with Gasteiger partial charge in [-0.25, -0.2) is 4.98 Å². The fourth-order valence-corrected chi connectivity index (χ4v) is 2.80. The molecule has 0 atom stereocenters. The highest BCUT2D eigenvalue weighted by atomic mass is 35.5. The number of thiazole rings is 1. The third-order valence-electron chi connectivity index (χ3n) is 3.52. The van der Waals surface area contributed by atoms with Crippen molar-refractivity contribution in [3.63, 3.8) is 0 Å². The van der Waals surface area contributed by atoms with Crippen LogP contribution in [0.2, 0.25) is 0 Å². The van der Waals surface area contributed by atoms with Crippen LogP contribution >= 0.6 is 23.7 Å². The topological polar surface area (TPSA) is 86.9 Å². The Morgan fingerprint density at radius 1 is 1.19 bits per heavy atom. The highest BCUT2D eigenvalue weighted by Gasteiger charge is 2.15. The first-order valence-electron chi connectivity index (χ1n) is 7.83. The average Bonchev–Trinajstić information content (AvgIpc) is 3.13. The van der Waals surface area contributed by atoms with Gasteiger partial charge in [-0.05, 0) is 6.42 Å². The SMILES string of the molecule is COc1cc(OC)cc(OCCCN(C)C(=O)c2csc(CN)n2)c1.Cl. The Kier molecular flexibility index (Phi) is 9.18. The van der Waals surface area contributed by atoms with E-state index in [1.54, 1.807) is 49.7 Å². The van der Waals surface area contributed by atoms with Crippen LogP contribution in [0, 0.1) is 0 Å². The van der Waals surface area contributed by atoms with Crippen LogP contribution in [0.3, 0.4) is 0 Å². The van der Waals surface area contributed by atoms with E-state index in [0.717, 1.165) is 5.01 Å². The normalized spacial score (nSPS) is 10.0. The molecule has 26 heavy (non-hydrogen) atoms. The Labute approximate surface area is 163 Å². The van der Waals surface area contributed by atoms with Gasteiger partial charge in [-0.15, -0.1) is 23.7 Å². The second-order valence-corrected chi connectivity index (χ2v) is 6.25. The molecule has 144 valence electrons. The van der Waals surface area contributed by atoms with Crippen LogP contribution in [0.5, 0.6) is 17.2 Å². The minimum absolute atomic E-state index is 0. The number of hydrogen-bond acceptors (Lipinski definition) is 7. The molecule has 0 fully saturated rings. The summed E-state index contributed by atoms with van der Waals surface area (Å²) in [6.07, 6.45) is 0.690. The number of nitrogens with two attached hydrogens (primary N) is 1. The second-order valence-electron chi connectivity index (χ2n) is 5.31. The van der Waals surface area contributed by atoms with Gasteiger partial charge in [0.1, 0.15) is 28.0 Å². The molecule has 0 spiro atoms. The monoisotopic (exact) mass is 401 g/mol. The van der Waals surface area contributed by atoms with Crippen molar-refractivity contribution in [2.24, 2.45) is 5.73 Å². The fraction of sp³-hybridized carbons (Fsp3) is 0.412. The molecule has 9 heteroatoms. The van der Waals surface area contributed by atoms with Crippen molar-refractivity contribution >= 4 is 29.7 Å². The standard InChI is InChI=1S/C17H23N3O4S.ClH/c1-20(17(21)15-11-25-16(10-18)19-15)5-4-6-24-14-8-12(22-2)7-13(9-14)23-3;/h7-9,11H,4-6,10,18H2,1-3H3;1H. The van der Waals surface area contributed by atoms with Crippen molar-refractivity contribution in [2.75, 3.05) is 34.4 Å². The molecule has 1 heterocycles. The third-order valence-corrected chi connectivity index (χ3v) is 4.39. The molecule has 0 radical (unpaired) electrons. The molecule has 2 rings (SSSR count). The number of carbonyl (C=O) groups excluding carboxylic acids is 1. The Hall–Kier alpha value is -2.03. The lowest BCUT2D eigenvalue weighted by molar-refractivity contribution is 0.0782. The van der Waals surface area contributed by atoms with Gasteiger partial charge in [0.25, 0.3) is 5.91 Å². The van der Waals surface area contributed by atoms with Crippen LogP contribution in [-0.2, 0) is 6.54 Å². The number of rotatable bonds is 9. The maximum absolute atomic E-state index is 12.3. The summed E-state index contributed by atoms with van der Waals surface area (Å²) >= 11 is 1.40. The number of benzene rings is 1. The van der Waals surface area contributed by atoms with Gasteiger partial charge in [0, 0.05) is 43.7 Å². The molecule has 2 N–H and O–H groups in total. The maximum atomic E-state index is 12.3. The summed E-state index contributed by atoms with van der Waals surface area (Å²) in [5.41, 5.74) is 5.96. The molecule has 0 saturated carbocycles. The van der Waals surface area contributed by atoms with Crippen LogP contribution in [0.15, 0.2) is 23.6 Å². The Balaban J connectivity index is 0.00000338. The number of aromatic nitrogens is 1.